The zero-order valence-corrected chi connectivity index (χ0v) is 20.2. The highest BCUT2D eigenvalue weighted by atomic mass is 32.1. The summed E-state index contributed by atoms with van der Waals surface area (Å²) in [6, 6.07) is 18.7. The Labute approximate surface area is 200 Å². The lowest BCUT2D eigenvalue weighted by molar-refractivity contribution is 0.286. The molecule has 1 aliphatic heterocycles. The van der Waals surface area contributed by atoms with Gasteiger partial charge in [0.25, 0.3) is 0 Å². The quantitative estimate of drug-likeness (QED) is 0.381. The first-order valence-electron chi connectivity index (χ1n) is 11.2. The van der Waals surface area contributed by atoms with Crippen molar-refractivity contribution in [1.29, 1.82) is 0 Å². The van der Waals surface area contributed by atoms with Gasteiger partial charge < -0.3 is 19.2 Å². The SMILES string of the molecule is Cc1cccc(-n2c(C)cc(C3C(c4ccccn4)NC(=S)N3Cc3ccco3)c2C)c1C. The Balaban J connectivity index is 1.65. The van der Waals surface area contributed by atoms with Crippen LogP contribution in [0.15, 0.2) is 71.5 Å². The molecule has 5 nitrogen and oxygen atoms in total. The maximum absolute atomic E-state index is 5.82. The number of furan rings is 1. The van der Waals surface area contributed by atoms with Gasteiger partial charge in [0, 0.05) is 23.3 Å². The van der Waals surface area contributed by atoms with E-state index in [4.69, 9.17) is 16.6 Å². The summed E-state index contributed by atoms with van der Waals surface area (Å²) in [4.78, 5) is 6.89. The van der Waals surface area contributed by atoms with Gasteiger partial charge in [0.15, 0.2) is 5.11 Å². The average Bonchev–Trinajstić information content (AvgIpc) is 3.51. The van der Waals surface area contributed by atoms with Crippen LogP contribution in [-0.4, -0.2) is 19.6 Å². The van der Waals surface area contributed by atoms with Crippen LogP contribution in [0, 0.1) is 27.7 Å². The van der Waals surface area contributed by atoms with Crippen molar-refractivity contribution in [3.05, 3.63) is 107 Å². The summed E-state index contributed by atoms with van der Waals surface area (Å²) in [7, 11) is 0. The van der Waals surface area contributed by atoms with Crippen molar-refractivity contribution in [3.63, 3.8) is 0 Å². The van der Waals surface area contributed by atoms with E-state index in [2.05, 4.69) is 77.8 Å². The number of hydrogen-bond donors (Lipinski definition) is 1. The smallest absolute Gasteiger partial charge is 0.170 e. The van der Waals surface area contributed by atoms with E-state index in [-0.39, 0.29) is 12.1 Å². The molecule has 1 saturated heterocycles. The van der Waals surface area contributed by atoms with Gasteiger partial charge in [0.1, 0.15) is 5.76 Å². The molecule has 1 aliphatic rings. The summed E-state index contributed by atoms with van der Waals surface area (Å²) in [5, 5.41) is 4.25. The van der Waals surface area contributed by atoms with Gasteiger partial charge in [-0.25, -0.2) is 0 Å². The molecule has 1 fully saturated rings. The molecule has 4 heterocycles. The minimum absolute atomic E-state index is 0.0115. The zero-order chi connectivity index (χ0) is 23.1. The third kappa shape index (κ3) is 3.74. The van der Waals surface area contributed by atoms with E-state index in [9.17, 15) is 0 Å². The van der Waals surface area contributed by atoms with Gasteiger partial charge in [-0.3, -0.25) is 4.98 Å². The second kappa shape index (κ2) is 8.52. The zero-order valence-electron chi connectivity index (χ0n) is 19.4. The van der Waals surface area contributed by atoms with Crippen LogP contribution in [0.25, 0.3) is 5.69 Å². The fraction of sp³-hybridized carbons (Fsp3) is 0.259. The van der Waals surface area contributed by atoms with Crippen LogP contribution in [-0.2, 0) is 6.54 Å². The summed E-state index contributed by atoms with van der Waals surface area (Å²) < 4.78 is 8.04. The lowest BCUT2D eigenvalue weighted by Crippen LogP contribution is -2.29. The molecular formula is C27H28N4OS. The van der Waals surface area contributed by atoms with E-state index in [1.54, 1.807) is 6.26 Å². The molecule has 1 aromatic carbocycles. The number of nitrogens with one attached hydrogen (secondary N) is 1. The normalized spacial score (nSPS) is 18.1. The predicted octanol–water partition coefficient (Wildman–Crippen LogP) is 5.87. The van der Waals surface area contributed by atoms with E-state index < -0.39 is 0 Å². The molecule has 0 saturated carbocycles. The molecule has 168 valence electrons. The maximum atomic E-state index is 5.82. The Hall–Kier alpha value is -3.38. The van der Waals surface area contributed by atoms with Crippen LogP contribution in [0.1, 0.15) is 51.6 Å². The topological polar surface area (TPSA) is 46.2 Å². The molecule has 33 heavy (non-hydrogen) atoms. The summed E-state index contributed by atoms with van der Waals surface area (Å²) in [6.45, 7) is 9.32. The van der Waals surface area contributed by atoms with Gasteiger partial charge in [0.2, 0.25) is 0 Å². The van der Waals surface area contributed by atoms with E-state index in [0.29, 0.717) is 11.7 Å². The largest absolute Gasteiger partial charge is 0.467 e. The average molecular weight is 457 g/mol. The third-order valence-electron chi connectivity index (χ3n) is 6.71. The minimum Gasteiger partial charge on any atom is -0.467 e. The molecule has 1 N–H and O–H groups in total. The van der Waals surface area contributed by atoms with Crippen LogP contribution in [0.2, 0.25) is 0 Å². The number of aryl methyl sites for hydroxylation is 2. The monoisotopic (exact) mass is 456 g/mol. The van der Waals surface area contributed by atoms with Crippen molar-refractivity contribution in [3.8, 4) is 5.69 Å². The van der Waals surface area contributed by atoms with Crippen LogP contribution in [0.3, 0.4) is 0 Å². The standard InChI is InChI=1S/C27H28N4OS/c1-17-9-7-12-24(19(17)3)31-18(2)15-22(20(31)4)26-25(23-11-5-6-13-28-23)29-27(33)30(26)16-21-10-8-14-32-21/h5-15,25-26H,16H2,1-4H3,(H,29,33). The highest BCUT2D eigenvalue weighted by Gasteiger charge is 2.41. The van der Waals surface area contributed by atoms with Crippen molar-refractivity contribution in [2.24, 2.45) is 0 Å². The Morgan fingerprint density at radius 1 is 1.03 bits per heavy atom. The molecule has 4 aromatic rings. The summed E-state index contributed by atoms with van der Waals surface area (Å²) in [5.41, 5.74) is 8.42. The second-order valence-electron chi connectivity index (χ2n) is 8.71. The Kier molecular flexibility index (Phi) is 5.54. The number of thiocarbonyl (C=S) groups is 1. The third-order valence-corrected chi connectivity index (χ3v) is 7.06. The molecule has 5 rings (SSSR count). The van der Waals surface area contributed by atoms with E-state index in [1.165, 1.54) is 33.8 Å². The summed E-state index contributed by atoms with van der Waals surface area (Å²) >= 11 is 5.82. The lowest BCUT2D eigenvalue weighted by atomic mass is 9.96. The Morgan fingerprint density at radius 3 is 2.61 bits per heavy atom. The molecule has 2 atom stereocenters. The van der Waals surface area contributed by atoms with Crippen molar-refractivity contribution in [1.82, 2.24) is 19.8 Å². The maximum Gasteiger partial charge on any atom is 0.170 e. The van der Waals surface area contributed by atoms with Crippen molar-refractivity contribution < 1.29 is 4.42 Å². The van der Waals surface area contributed by atoms with Crippen molar-refractivity contribution in [2.45, 2.75) is 46.3 Å². The molecular weight excluding hydrogens is 428 g/mol. The number of nitrogens with zero attached hydrogens (tertiary/aromatic N) is 3. The highest BCUT2D eigenvalue weighted by Crippen LogP contribution is 2.42. The van der Waals surface area contributed by atoms with Crippen LogP contribution < -0.4 is 5.32 Å². The predicted molar refractivity (Wildman–Crippen MR) is 134 cm³/mol. The van der Waals surface area contributed by atoms with Crippen LogP contribution >= 0.6 is 12.2 Å². The van der Waals surface area contributed by atoms with E-state index in [1.807, 2.05) is 30.5 Å². The van der Waals surface area contributed by atoms with Gasteiger partial charge in [0.05, 0.1) is 30.6 Å². The van der Waals surface area contributed by atoms with Crippen LogP contribution in [0.4, 0.5) is 0 Å². The molecule has 2 unspecified atom stereocenters. The van der Waals surface area contributed by atoms with Gasteiger partial charge in [-0.1, -0.05) is 18.2 Å². The lowest BCUT2D eigenvalue weighted by Gasteiger charge is -2.27. The van der Waals surface area contributed by atoms with Crippen LogP contribution in [0.5, 0.6) is 0 Å². The molecule has 6 heteroatoms. The summed E-state index contributed by atoms with van der Waals surface area (Å²) in [6.07, 6.45) is 3.55. The first kappa shape index (κ1) is 21.5. The molecule has 0 spiro atoms. The summed E-state index contributed by atoms with van der Waals surface area (Å²) in [5.74, 6) is 0.883. The Bertz CT molecular complexity index is 1290. The minimum atomic E-state index is -0.0544. The van der Waals surface area contributed by atoms with Crippen molar-refractivity contribution in [2.75, 3.05) is 0 Å². The van der Waals surface area contributed by atoms with Gasteiger partial charge in [-0.05, 0) is 93.0 Å². The van der Waals surface area contributed by atoms with Gasteiger partial charge >= 0.3 is 0 Å². The second-order valence-corrected chi connectivity index (χ2v) is 9.10. The van der Waals surface area contributed by atoms with E-state index in [0.717, 1.165) is 11.5 Å². The first-order valence-corrected chi connectivity index (χ1v) is 11.6. The molecule has 0 radical (unpaired) electrons. The van der Waals surface area contributed by atoms with Crippen molar-refractivity contribution >= 4 is 17.3 Å². The number of hydrogen-bond acceptors (Lipinski definition) is 3. The molecule has 0 bridgehead atoms. The fourth-order valence-corrected chi connectivity index (χ4v) is 5.23. The molecule has 0 aliphatic carbocycles. The Morgan fingerprint density at radius 2 is 1.88 bits per heavy atom. The fourth-order valence-electron chi connectivity index (χ4n) is 4.92. The number of pyridine rings is 1. The first-order chi connectivity index (χ1) is 16.0. The van der Waals surface area contributed by atoms with Gasteiger partial charge in [-0.15, -0.1) is 0 Å². The van der Waals surface area contributed by atoms with Gasteiger partial charge in [-0.2, -0.15) is 0 Å². The molecule has 0 amide bonds. The molecule has 3 aromatic heterocycles. The number of aromatic nitrogens is 2. The number of rotatable bonds is 5. The van der Waals surface area contributed by atoms with E-state index >= 15 is 0 Å². The highest BCUT2D eigenvalue weighted by molar-refractivity contribution is 7.80. The number of benzene rings is 1.